The van der Waals surface area contributed by atoms with E-state index in [4.69, 9.17) is 9.47 Å². The van der Waals surface area contributed by atoms with Crippen LogP contribution in [0.25, 0.3) is 6.08 Å². The molecule has 0 unspecified atom stereocenters. The molecule has 5 nitrogen and oxygen atoms in total. The van der Waals surface area contributed by atoms with Gasteiger partial charge >= 0.3 is 5.97 Å². The molecule has 1 aliphatic rings. The Morgan fingerprint density at radius 2 is 1.96 bits per heavy atom. The van der Waals surface area contributed by atoms with Crippen molar-refractivity contribution in [3.63, 3.8) is 0 Å². The standard InChI is InChI=1S/C19H21NO4/c1-5-11-20-13(3)17(19(22)23-4)16(18(20)21)12-14-7-9-15(10-8-14)24-6-2/h5,7-10,12H,1,6,11H2,2-4H3/b16-12+. The number of methoxy groups -OCH3 is 1. The number of nitrogens with zero attached hydrogens (tertiary/aromatic N) is 1. The Morgan fingerprint density at radius 1 is 1.29 bits per heavy atom. The first kappa shape index (κ1) is 17.5. The van der Waals surface area contributed by atoms with Crippen LogP contribution in [0.3, 0.4) is 0 Å². The highest BCUT2D eigenvalue weighted by Gasteiger charge is 2.36. The fourth-order valence-corrected chi connectivity index (χ4v) is 2.57. The van der Waals surface area contributed by atoms with Crippen LogP contribution < -0.4 is 4.74 Å². The second-order valence-corrected chi connectivity index (χ2v) is 5.22. The van der Waals surface area contributed by atoms with Gasteiger partial charge in [-0.1, -0.05) is 18.2 Å². The zero-order valence-corrected chi connectivity index (χ0v) is 14.2. The second-order valence-electron chi connectivity index (χ2n) is 5.22. The van der Waals surface area contributed by atoms with Crippen LogP contribution in [0.2, 0.25) is 0 Å². The molecule has 0 radical (unpaired) electrons. The molecule has 1 heterocycles. The van der Waals surface area contributed by atoms with Crippen LogP contribution in [0.15, 0.2) is 53.8 Å². The molecule has 0 spiro atoms. The van der Waals surface area contributed by atoms with Crippen LogP contribution in [0.1, 0.15) is 19.4 Å². The average Bonchev–Trinajstić information content (AvgIpc) is 2.81. The van der Waals surface area contributed by atoms with Gasteiger partial charge in [0.05, 0.1) is 24.9 Å². The number of esters is 1. The van der Waals surface area contributed by atoms with Gasteiger partial charge in [0.1, 0.15) is 5.75 Å². The molecule has 0 saturated carbocycles. The summed E-state index contributed by atoms with van der Waals surface area (Å²) in [5, 5.41) is 0. The van der Waals surface area contributed by atoms with Crippen molar-refractivity contribution in [3.8, 4) is 5.75 Å². The first-order chi connectivity index (χ1) is 11.5. The summed E-state index contributed by atoms with van der Waals surface area (Å²) in [7, 11) is 1.30. The molecule has 0 saturated heterocycles. The number of hydrogen-bond donors (Lipinski definition) is 0. The van der Waals surface area contributed by atoms with E-state index >= 15 is 0 Å². The fourth-order valence-electron chi connectivity index (χ4n) is 2.57. The fraction of sp³-hybridized carbons (Fsp3) is 0.263. The highest BCUT2D eigenvalue weighted by atomic mass is 16.5. The minimum Gasteiger partial charge on any atom is -0.494 e. The zero-order chi connectivity index (χ0) is 17.7. The van der Waals surface area contributed by atoms with Crippen LogP contribution in [0.4, 0.5) is 0 Å². The summed E-state index contributed by atoms with van der Waals surface area (Å²) in [5.41, 5.74) is 1.99. The Hall–Kier alpha value is -2.82. The van der Waals surface area contributed by atoms with Crippen LogP contribution in [-0.4, -0.2) is 37.0 Å². The number of ether oxygens (including phenoxy) is 2. The monoisotopic (exact) mass is 327 g/mol. The van der Waals surface area contributed by atoms with Crippen LogP contribution >= 0.6 is 0 Å². The van der Waals surface area contributed by atoms with E-state index in [9.17, 15) is 9.59 Å². The van der Waals surface area contributed by atoms with Crippen molar-refractivity contribution in [1.82, 2.24) is 4.90 Å². The van der Waals surface area contributed by atoms with E-state index in [1.54, 1.807) is 19.1 Å². The average molecular weight is 327 g/mol. The maximum Gasteiger partial charge on any atom is 0.340 e. The largest absolute Gasteiger partial charge is 0.494 e. The van der Waals surface area contributed by atoms with E-state index in [2.05, 4.69) is 6.58 Å². The summed E-state index contributed by atoms with van der Waals surface area (Å²) in [6, 6.07) is 7.33. The number of carbonyl (C=O) groups is 2. The Labute approximate surface area is 141 Å². The highest BCUT2D eigenvalue weighted by molar-refractivity contribution is 6.16. The highest BCUT2D eigenvalue weighted by Crippen LogP contribution is 2.31. The molecule has 1 amide bonds. The molecule has 0 aromatic heterocycles. The maximum absolute atomic E-state index is 12.6. The summed E-state index contributed by atoms with van der Waals surface area (Å²) < 4.78 is 10.2. The Morgan fingerprint density at radius 3 is 2.50 bits per heavy atom. The molecule has 0 fully saturated rings. The van der Waals surface area contributed by atoms with Gasteiger partial charge < -0.3 is 14.4 Å². The van der Waals surface area contributed by atoms with Crippen molar-refractivity contribution in [3.05, 3.63) is 59.3 Å². The topological polar surface area (TPSA) is 55.8 Å². The van der Waals surface area contributed by atoms with Gasteiger partial charge in [0.25, 0.3) is 5.91 Å². The van der Waals surface area contributed by atoms with E-state index in [0.29, 0.717) is 30.0 Å². The lowest BCUT2D eigenvalue weighted by molar-refractivity contribution is -0.136. The van der Waals surface area contributed by atoms with Gasteiger partial charge in [-0.3, -0.25) is 4.79 Å². The lowest BCUT2D eigenvalue weighted by Crippen LogP contribution is -2.24. The summed E-state index contributed by atoms with van der Waals surface area (Å²) in [5.74, 6) is -0.00289. The van der Waals surface area contributed by atoms with Gasteiger partial charge in [-0.2, -0.15) is 0 Å². The molecular weight excluding hydrogens is 306 g/mol. The molecule has 0 aliphatic carbocycles. The summed E-state index contributed by atoms with van der Waals surface area (Å²) >= 11 is 0. The molecule has 5 heteroatoms. The van der Waals surface area contributed by atoms with Crippen LogP contribution in [-0.2, 0) is 14.3 Å². The molecule has 1 aromatic carbocycles. The predicted molar refractivity (Wildman–Crippen MR) is 92.2 cm³/mol. The van der Waals surface area contributed by atoms with Gasteiger partial charge in [0.15, 0.2) is 0 Å². The summed E-state index contributed by atoms with van der Waals surface area (Å²) in [4.78, 5) is 26.3. The van der Waals surface area contributed by atoms with Crippen molar-refractivity contribution in [2.24, 2.45) is 0 Å². The second kappa shape index (κ2) is 7.64. The summed E-state index contributed by atoms with van der Waals surface area (Å²) in [6.07, 6.45) is 3.31. The third kappa shape index (κ3) is 3.40. The molecule has 0 N–H and O–H groups in total. The lowest BCUT2D eigenvalue weighted by Gasteiger charge is -2.14. The third-order valence-corrected chi connectivity index (χ3v) is 3.71. The zero-order valence-electron chi connectivity index (χ0n) is 14.2. The smallest absolute Gasteiger partial charge is 0.340 e. The molecule has 1 aromatic rings. The lowest BCUT2D eigenvalue weighted by atomic mass is 10.0. The molecule has 24 heavy (non-hydrogen) atoms. The van der Waals surface area contributed by atoms with Crippen LogP contribution in [0, 0.1) is 0 Å². The van der Waals surface area contributed by atoms with E-state index in [0.717, 1.165) is 11.3 Å². The van der Waals surface area contributed by atoms with Crippen molar-refractivity contribution >= 4 is 18.0 Å². The van der Waals surface area contributed by atoms with Gasteiger partial charge in [-0.15, -0.1) is 6.58 Å². The van der Waals surface area contributed by atoms with Gasteiger partial charge in [-0.25, -0.2) is 4.79 Å². The number of carbonyl (C=O) groups excluding carboxylic acids is 2. The van der Waals surface area contributed by atoms with Gasteiger partial charge in [0, 0.05) is 12.2 Å². The van der Waals surface area contributed by atoms with E-state index < -0.39 is 5.97 Å². The van der Waals surface area contributed by atoms with Gasteiger partial charge in [-0.05, 0) is 37.6 Å². The minimum atomic E-state index is -0.524. The Kier molecular flexibility index (Phi) is 5.58. The Bertz CT molecular complexity index is 713. The number of benzene rings is 1. The molecular formula is C19H21NO4. The van der Waals surface area contributed by atoms with Crippen LogP contribution in [0.5, 0.6) is 5.75 Å². The van der Waals surface area contributed by atoms with E-state index in [-0.39, 0.29) is 5.91 Å². The molecule has 1 aliphatic heterocycles. The minimum absolute atomic E-state index is 0.235. The van der Waals surface area contributed by atoms with Gasteiger partial charge in [0.2, 0.25) is 0 Å². The van der Waals surface area contributed by atoms with E-state index in [1.807, 2.05) is 31.2 Å². The quantitative estimate of drug-likeness (QED) is 0.458. The number of allylic oxidation sites excluding steroid dienone is 1. The molecule has 0 atom stereocenters. The molecule has 126 valence electrons. The first-order valence-electron chi connectivity index (χ1n) is 7.70. The number of amides is 1. The van der Waals surface area contributed by atoms with Crippen molar-refractivity contribution in [1.29, 1.82) is 0 Å². The number of rotatable bonds is 6. The molecule has 2 rings (SSSR count). The third-order valence-electron chi connectivity index (χ3n) is 3.71. The SMILES string of the molecule is C=CCN1C(=O)/C(=C/c2ccc(OCC)cc2)C(C(=O)OC)=C1C. The summed E-state index contributed by atoms with van der Waals surface area (Å²) in [6.45, 7) is 8.22. The number of hydrogen-bond acceptors (Lipinski definition) is 4. The Balaban J connectivity index is 2.43. The van der Waals surface area contributed by atoms with E-state index in [1.165, 1.54) is 12.0 Å². The van der Waals surface area contributed by atoms with Crippen molar-refractivity contribution < 1.29 is 19.1 Å². The first-order valence-corrected chi connectivity index (χ1v) is 7.70. The predicted octanol–water partition coefficient (Wildman–Crippen LogP) is 2.94. The molecule has 0 bridgehead atoms. The normalized spacial score (nSPS) is 15.9. The maximum atomic E-state index is 12.6. The van der Waals surface area contributed by atoms with Crippen molar-refractivity contribution in [2.75, 3.05) is 20.3 Å². The van der Waals surface area contributed by atoms with Crippen molar-refractivity contribution in [2.45, 2.75) is 13.8 Å².